The van der Waals surface area contributed by atoms with Crippen molar-refractivity contribution in [1.29, 1.82) is 0 Å². The minimum absolute atomic E-state index is 0.0287. The predicted octanol–water partition coefficient (Wildman–Crippen LogP) is 1.36. The maximum absolute atomic E-state index is 11.6. The van der Waals surface area contributed by atoms with Crippen LogP contribution in [0.5, 0.6) is 0 Å². The normalized spacial score (nSPS) is 11.9. The van der Waals surface area contributed by atoms with E-state index in [0.29, 0.717) is 16.6 Å². The van der Waals surface area contributed by atoms with Crippen molar-refractivity contribution >= 4 is 36.5 Å². The van der Waals surface area contributed by atoms with Crippen LogP contribution in [0.4, 0.5) is 0 Å². The zero-order valence-electron chi connectivity index (χ0n) is 9.55. The monoisotopic (exact) mass is 286 g/mol. The summed E-state index contributed by atoms with van der Waals surface area (Å²) in [6.45, 7) is 1.51. The predicted molar refractivity (Wildman–Crippen MR) is 68.9 cm³/mol. The maximum atomic E-state index is 11.6. The minimum Gasteiger partial charge on any atom is -0.368 e. The molecule has 0 radical (unpaired) electrons. The van der Waals surface area contributed by atoms with Crippen LogP contribution in [0, 0.1) is 6.92 Å². The Morgan fingerprint density at radius 3 is 2.56 bits per heavy atom. The van der Waals surface area contributed by atoms with Crippen LogP contribution in [0.15, 0.2) is 29.2 Å². The fourth-order valence-corrected chi connectivity index (χ4v) is 3.55. The lowest BCUT2D eigenvalue weighted by molar-refractivity contribution is -0.118. The Kier molecular flexibility index (Phi) is 3.08. The molecular formula is C11H11ClN2O3S. The molecule has 0 fully saturated rings. The van der Waals surface area contributed by atoms with Crippen molar-refractivity contribution in [2.75, 3.05) is 0 Å². The van der Waals surface area contributed by atoms with Crippen molar-refractivity contribution in [2.45, 2.75) is 18.4 Å². The van der Waals surface area contributed by atoms with Gasteiger partial charge in [-0.25, -0.2) is 8.42 Å². The number of carbonyl (C=O) groups is 1. The Hall–Kier alpha value is -1.53. The van der Waals surface area contributed by atoms with E-state index < -0.39 is 15.0 Å². The molecular weight excluding hydrogens is 276 g/mol. The quantitative estimate of drug-likeness (QED) is 0.865. The first kappa shape index (κ1) is 12.9. The van der Waals surface area contributed by atoms with E-state index in [2.05, 4.69) is 0 Å². The highest BCUT2D eigenvalue weighted by Gasteiger charge is 2.23. The number of para-hydroxylation sites is 1. The Balaban J connectivity index is 2.88. The number of amides is 1. The van der Waals surface area contributed by atoms with Crippen molar-refractivity contribution in [3.63, 3.8) is 0 Å². The van der Waals surface area contributed by atoms with Gasteiger partial charge >= 0.3 is 0 Å². The molecule has 0 aliphatic heterocycles. The average Bonchev–Trinajstić information content (AvgIpc) is 2.51. The smallest absolute Gasteiger partial charge is 0.263 e. The number of nitrogens with zero attached hydrogens (tertiary/aromatic N) is 1. The molecule has 0 spiro atoms. The van der Waals surface area contributed by atoms with E-state index in [0.717, 1.165) is 0 Å². The summed E-state index contributed by atoms with van der Waals surface area (Å²) in [6, 6.07) is 6.83. The first-order valence-corrected chi connectivity index (χ1v) is 7.44. The van der Waals surface area contributed by atoms with Gasteiger partial charge < -0.3 is 10.3 Å². The molecule has 1 heterocycles. The van der Waals surface area contributed by atoms with Crippen molar-refractivity contribution < 1.29 is 13.2 Å². The molecule has 0 bridgehead atoms. The Morgan fingerprint density at radius 2 is 2.00 bits per heavy atom. The van der Waals surface area contributed by atoms with Crippen LogP contribution in [-0.2, 0) is 20.4 Å². The standard InChI is InChI=1S/C11H11ClN2O3S/c1-7-11(18(12,16)17)8-4-2-3-5-9(8)14(7)6-10(13)15/h2-5H,6H2,1H3,(H2,13,15). The lowest BCUT2D eigenvalue weighted by atomic mass is 10.2. The number of hydrogen-bond donors (Lipinski definition) is 1. The number of hydrogen-bond acceptors (Lipinski definition) is 3. The van der Waals surface area contributed by atoms with Crippen molar-refractivity contribution in [3.05, 3.63) is 30.0 Å². The summed E-state index contributed by atoms with van der Waals surface area (Å²) in [5.74, 6) is -0.544. The van der Waals surface area contributed by atoms with Gasteiger partial charge in [0.2, 0.25) is 5.91 Å². The lowest BCUT2D eigenvalue weighted by Crippen LogP contribution is -2.19. The molecule has 2 aromatic rings. The zero-order valence-corrected chi connectivity index (χ0v) is 11.1. The van der Waals surface area contributed by atoms with Gasteiger partial charge in [0.1, 0.15) is 11.4 Å². The van der Waals surface area contributed by atoms with Gasteiger partial charge in [0.15, 0.2) is 0 Å². The second-order valence-electron chi connectivity index (χ2n) is 3.92. The molecule has 1 amide bonds. The molecule has 0 aliphatic carbocycles. The summed E-state index contributed by atoms with van der Waals surface area (Å²) in [7, 11) is 1.56. The Bertz CT molecular complexity index is 734. The summed E-state index contributed by atoms with van der Waals surface area (Å²) >= 11 is 0. The van der Waals surface area contributed by atoms with E-state index in [9.17, 15) is 13.2 Å². The van der Waals surface area contributed by atoms with E-state index in [4.69, 9.17) is 16.4 Å². The minimum atomic E-state index is -3.88. The largest absolute Gasteiger partial charge is 0.368 e. The molecule has 2 N–H and O–H groups in total. The summed E-state index contributed by atoms with van der Waals surface area (Å²) in [5, 5.41) is 0.492. The maximum Gasteiger partial charge on any atom is 0.263 e. The number of fused-ring (bicyclic) bond motifs is 1. The SMILES string of the molecule is Cc1c(S(=O)(=O)Cl)c2ccccc2n1CC(N)=O. The first-order valence-electron chi connectivity index (χ1n) is 5.13. The number of primary amides is 1. The highest BCUT2D eigenvalue weighted by Crippen LogP contribution is 2.31. The van der Waals surface area contributed by atoms with E-state index in [-0.39, 0.29) is 11.4 Å². The van der Waals surface area contributed by atoms with Crippen molar-refractivity contribution in [3.8, 4) is 0 Å². The van der Waals surface area contributed by atoms with Gasteiger partial charge in [0.25, 0.3) is 9.05 Å². The highest BCUT2D eigenvalue weighted by molar-refractivity contribution is 8.14. The van der Waals surface area contributed by atoms with Gasteiger partial charge in [-0.3, -0.25) is 4.79 Å². The fraction of sp³-hybridized carbons (Fsp3) is 0.182. The third-order valence-electron chi connectivity index (χ3n) is 2.73. The van der Waals surface area contributed by atoms with E-state index in [1.54, 1.807) is 35.8 Å². The third-order valence-corrected chi connectivity index (χ3v) is 4.20. The molecule has 96 valence electrons. The second kappa shape index (κ2) is 4.29. The molecule has 18 heavy (non-hydrogen) atoms. The molecule has 7 heteroatoms. The molecule has 1 aromatic heterocycles. The highest BCUT2D eigenvalue weighted by atomic mass is 35.7. The lowest BCUT2D eigenvalue weighted by Gasteiger charge is -2.04. The van der Waals surface area contributed by atoms with Gasteiger partial charge in [-0.1, -0.05) is 18.2 Å². The number of halogens is 1. The van der Waals surface area contributed by atoms with Crippen LogP contribution in [-0.4, -0.2) is 18.9 Å². The molecule has 5 nitrogen and oxygen atoms in total. The van der Waals surface area contributed by atoms with Crippen LogP contribution in [0.3, 0.4) is 0 Å². The van der Waals surface area contributed by atoms with E-state index in [1.807, 2.05) is 0 Å². The van der Waals surface area contributed by atoms with Crippen LogP contribution >= 0.6 is 10.7 Å². The third kappa shape index (κ3) is 2.09. The van der Waals surface area contributed by atoms with Crippen LogP contribution in [0.1, 0.15) is 5.69 Å². The molecule has 0 saturated carbocycles. The van der Waals surface area contributed by atoms with E-state index >= 15 is 0 Å². The van der Waals surface area contributed by atoms with Gasteiger partial charge in [0.05, 0.1) is 5.52 Å². The number of benzene rings is 1. The average molecular weight is 287 g/mol. The van der Waals surface area contributed by atoms with Gasteiger partial charge in [-0.15, -0.1) is 0 Å². The number of rotatable bonds is 3. The van der Waals surface area contributed by atoms with Crippen LogP contribution < -0.4 is 5.73 Å². The summed E-state index contributed by atoms with van der Waals surface area (Å²) in [6.07, 6.45) is 0. The second-order valence-corrected chi connectivity index (χ2v) is 6.42. The van der Waals surface area contributed by atoms with Crippen LogP contribution in [0.2, 0.25) is 0 Å². The summed E-state index contributed by atoms with van der Waals surface area (Å²) < 4.78 is 24.8. The first-order chi connectivity index (χ1) is 8.32. The topological polar surface area (TPSA) is 82.2 Å². The molecule has 0 aliphatic rings. The van der Waals surface area contributed by atoms with E-state index in [1.165, 1.54) is 0 Å². The molecule has 0 unspecified atom stereocenters. The fourth-order valence-electron chi connectivity index (χ4n) is 2.07. The number of aromatic nitrogens is 1. The molecule has 1 aromatic carbocycles. The van der Waals surface area contributed by atoms with Gasteiger partial charge in [-0.2, -0.15) is 0 Å². The number of carbonyl (C=O) groups excluding carboxylic acids is 1. The molecule has 2 rings (SSSR count). The van der Waals surface area contributed by atoms with Crippen LogP contribution in [0.25, 0.3) is 10.9 Å². The Labute approximate surface area is 109 Å². The summed E-state index contributed by atoms with van der Waals surface area (Å²) in [4.78, 5) is 11.1. The molecule has 0 saturated heterocycles. The van der Waals surface area contributed by atoms with Gasteiger partial charge in [0, 0.05) is 21.8 Å². The molecule has 0 atom stereocenters. The summed E-state index contributed by atoms with van der Waals surface area (Å²) in [5.41, 5.74) is 6.19. The zero-order chi connectivity index (χ0) is 13.5. The van der Waals surface area contributed by atoms with Crippen molar-refractivity contribution in [2.24, 2.45) is 5.73 Å². The Morgan fingerprint density at radius 1 is 1.39 bits per heavy atom. The number of nitrogens with two attached hydrogens (primary N) is 1. The van der Waals surface area contributed by atoms with Crippen molar-refractivity contribution in [1.82, 2.24) is 4.57 Å². The van der Waals surface area contributed by atoms with Gasteiger partial charge in [-0.05, 0) is 13.0 Å².